The number of carbonyl (C=O) groups excluding carboxylic acids is 1. The molecule has 0 radical (unpaired) electrons. The minimum atomic E-state index is -1.15. The van der Waals surface area contributed by atoms with Crippen molar-refractivity contribution in [2.45, 2.75) is 0 Å². The Morgan fingerprint density at radius 2 is 2.07 bits per heavy atom. The number of aliphatic carboxylic acids is 1. The summed E-state index contributed by atoms with van der Waals surface area (Å²) in [6.07, 6.45) is 1.56. The molecule has 2 aromatic carbocycles. The number of carboxylic acid groups (broad SMARTS) is 1. The Balaban J connectivity index is 2.18. The summed E-state index contributed by atoms with van der Waals surface area (Å²) in [4.78, 5) is 23.4. The third-order valence-electron chi connectivity index (χ3n) is 3.81. The fourth-order valence-corrected chi connectivity index (χ4v) is 4.17. The fraction of sp³-hybridized carbons (Fsp3) is 0.105. The summed E-state index contributed by atoms with van der Waals surface area (Å²) in [5.74, 6) is -1.03. The lowest BCUT2D eigenvalue weighted by Gasteiger charge is -2.16. The van der Waals surface area contributed by atoms with Gasteiger partial charge in [-0.05, 0) is 35.9 Å². The highest BCUT2D eigenvalue weighted by Crippen LogP contribution is 2.41. The van der Waals surface area contributed by atoms with E-state index in [-0.39, 0.29) is 17.4 Å². The van der Waals surface area contributed by atoms with E-state index in [1.54, 1.807) is 36.4 Å². The van der Waals surface area contributed by atoms with E-state index in [0.717, 1.165) is 11.8 Å². The van der Waals surface area contributed by atoms with E-state index in [9.17, 15) is 9.59 Å². The van der Waals surface area contributed by atoms with Crippen LogP contribution in [0.15, 0.2) is 35.2 Å². The Morgan fingerprint density at radius 3 is 2.66 bits per heavy atom. The molecular formula is C19H13Cl2NO5S2. The van der Waals surface area contributed by atoms with Crippen molar-refractivity contribution < 1.29 is 24.2 Å². The first-order valence-electron chi connectivity index (χ1n) is 8.05. The van der Waals surface area contributed by atoms with Crippen molar-refractivity contribution in [3.63, 3.8) is 0 Å². The molecule has 0 aliphatic carbocycles. The van der Waals surface area contributed by atoms with Crippen LogP contribution in [0.2, 0.25) is 10.0 Å². The van der Waals surface area contributed by atoms with Crippen molar-refractivity contribution >= 4 is 69.5 Å². The van der Waals surface area contributed by atoms with E-state index in [0.29, 0.717) is 36.0 Å². The molecule has 150 valence electrons. The molecule has 1 aliphatic heterocycles. The van der Waals surface area contributed by atoms with Gasteiger partial charge in [-0.1, -0.05) is 53.2 Å². The van der Waals surface area contributed by atoms with Crippen molar-refractivity contribution in [3.05, 3.63) is 50.8 Å². The summed E-state index contributed by atoms with van der Waals surface area (Å²) in [6.45, 7) is -0.578. The highest BCUT2D eigenvalue weighted by molar-refractivity contribution is 8.26. The standard InChI is InChI=1S/C19H13Cl2NO5S2/c1-26-14-5-9(12-3-2-11(20)7-13(12)21)4-10(17(14)27-8-16(23)24)6-15-18(25)22-19(28)29-15/h2-7H,8H2,1H3,(H,23,24)(H,22,25,28)/b15-6-. The van der Waals surface area contributed by atoms with Crippen LogP contribution in [0.25, 0.3) is 17.2 Å². The van der Waals surface area contributed by atoms with Gasteiger partial charge in [-0.2, -0.15) is 0 Å². The molecule has 10 heteroatoms. The van der Waals surface area contributed by atoms with E-state index in [1.807, 2.05) is 0 Å². The maximum Gasteiger partial charge on any atom is 0.341 e. The average Bonchev–Trinajstić information content (AvgIpc) is 2.96. The summed E-state index contributed by atoms with van der Waals surface area (Å²) in [7, 11) is 1.43. The molecular weight excluding hydrogens is 457 g/mol. The molecule has 29 heavy (non-hydrogen) atoms. The smallest absolute Gasteiger partial charge is 0.341 e. The zero-order chi connectivity index (χ0) is 21.1. The number of halogens is 2. The van der Waals surface area contributed by atoms with Crippen LogP contribution in [0.1, 0.15) is 5.56 Å². The molecule has 0 atom stereocenters. The zero-order valence-corrected chi connectivity index (χ0v) is 18.0. The largest absolute Gasteiger partial charge is 0.493 e. The average molecular weight is 470 g/mol. The summed E-state index contributed by atoms with van der Waals surface area (Å²) >= 11 is 18.4. The number of nitrogens with one attached hydrogen (secondary N) is 1. The first-order valence-corrected chi connectivity index (χ1v) is 10.0. The van der Waals surface area contributed by atoms with Gasteiger partial charge in [-0.15, -0.1) is 0 Å². The Bertz CT molecular complexity index is 1060. The summed E-state index contributed by atoms with van der Waals surface area (Å²) < 4.78 is 11.2. The van der Waals surface area contributed by atoms with Crippen LogP contribution in [-0.2, 0) is 9.59 Å². The molecule has 2 aromatic rings. The molecule has 3 rings (SSSR count). The Hall–Kier alpha value is -2.26. The second kappa shape index (κ2) is 9.04. The van der Waals surface area contributed by atoms with Crippen LogP contribution in [0.5, 0.6) is 11.5 Å². The topological polar surface area (TPSA) is 84.9 Å². The normalized spacial score (nSPS) is 14.8. The van der Waals surface area contributed by atoms with Gasteiger partial charge in [-0.25, -0.2) is 4.79 Å². The molecule has 1 heterocycles. The van der Waals surface area contributed by atoms with Crippen LogP contribution >= 0.6 is 47.2 Å². The second-order valence-electron chi connectivity index (χ2n) is 5.76. The van der Waals surface area contributed by atoms with Crippen LogP contribution in [0, 0.1) is 0 Å². The molecule has 1 aliphatic rings. The number of methoxy groups -OCH3 is 1. The molecule has 1 amide bonds. The summed E-state index contributed by atoms with van der Waals surface area (Å²) in [6, 6.07) is 8.44. The van der Waals surface area contributed by atoms with Crippen molar-refractivity contribution in [1.29, 1.82) is 0 Å². The molecule has 0 spiro atoms. The van der Waals surface area contributed by atoms with E-state index < -0.39 is 12.6 Å². The van der Waals surface area contributed by atoms with Gasteiger partial charge in [0.05, 0.1) is 12.0 Å². The third-order valence-corrected chi connectivity index (χ3v) is 5.52. The number of hydrogen-bond donors (Lipinski definition) is 2. The van der Waals surface area contributed by atoms with Crippen LogP contribution in [0.3, 0.4) is 0 Å². The molecule has 1 saturated heterocycles. The minimum absolute atomic E-state index is 0.183. The first kappa shape index (κ1) is 21.4. The lowest BCUT2D eigenvalue weighted by Crippen LogP contribution is -2.17. The number of benzene rings is 2. The molecule has 0 aromatic heterocycles. The highest BCUT2D eigenvalue weighted by Gasteiger charge is 2.24. The van der Waals surface area contributed by atoms with Crippen molar-refractivity contribution in [2.75, 3.05) is 13.7 Å². The Labute approximate surface area is 185 Å². The molecule has 2 N–H and O–H groups in total. The molecule has 1 fully saturated rings. The number of hydrogen-bond acceptors (Lipinski definition) is 6. The van der Waals surface area contributed by atoms with Crippen molar-refractivity contribution in [3.8, 4) is 22.6 Å². The number of carbonyl (C=O) groups is 2. The minimum Gasteiger partial charge on any atom is -0.493 e. The lowest BCUT2D eigenvalue weighted by atomic mass is 10.0. The van der Waals surface area contributed by atoms with Gasteiger partial charge in [0.2, 0.25) is 0 Å². The van der Waals surface area contributed by atoms with Gasteiger partial charge < -0.3 is 19.9 Å². The van der Waals surface area contributed by atoms with Gasteiger partial charge in [0.15, 0.2) is 18.1 Å². The van der Waals surface area contributed by atoms with E-state index in [2.05, 4.69) is 5.32 Å². The number of carboxylic acids is 1. The second-order valence-corrected chi connectivity index (χ2v) is 8.32. The van der Waals surface area contributed by atoms with Gasteiger partial charge in [0, 0.05) is 21.2 Å². The van der Waals surface area contributed by atoms with Gasteiger partial charge in [0.25, 0.3) is 5.91 Å². The third kappa shape index (κ3) is 5.02. The van der Waals surface area contributed by atoms with E-state index >= 15 is 0 Å². The monoisotopic (exact) mass is 469 g/mol. The van der Waals surface area contributed by atoms with Gasteiger partial charge >= 0.3 is 5.97 Å². The fourth-order valence-electron chi connectivity index (χ4n) is 2.61. The number of rotatable bonds is 6. The number of ether oxygens (including phenoxy) is 2. The Morgan fingerprint density at radius 1 is 1.31 bits per heavy atom. The van der Waals surface area contributed by atoms with Gasteiger partial charge in [-0.3, -0.25) is 4.79 Å². The SMILES string of the molecule is COc1cc(-c2ccc(Cl)cc2Cl)cc(/C=C2\SC(=S)NC2=O)c1OCC(=O)O. The lowest BCUT2D eigenvalue weighted by molar-refractivity contribution is -0.139. The first-order chi connectivity index (χ1) is 13.8. The van der Waals surface area contributed by atoms with E-state index in [4.69, 9.17) is 50.0 Å². The highest BCUT2D eigenvalue weighted by atomic mass is 35.5. The summed E-state index contributed by atoms with van der Waals surface area (Å²) in [5.41, 5.74) is 1.79. The number of amides is 1. The van der Waals surface area contributed by atoms with Crippen molar-refractivity contribution in [2.24, 2.45) is 0 Å². The maximum atomic E-state index is 12.1. The molecule has 0 unspecified atom stereocenters. The Kier molecular flexibility index (Phi) is 6.69. The predicted molar refractivity (Wildman–Crippen MR) is 118 cm³/mol. The van der Waals surface area contributed by atoms with Crippen LogP contribution in [-0.4, -0.2) is 35.0 Å². The molecule has 0 saturated carbocycles. The summed E-state index contributed by atoms with van der Waals surface area (Å²) in [5, 5.41) is 12.4. The zero-order valence-electron chi connectivity index (χ0n) is 14.8. The predicted octanol–water partition coefficient (Wildman–Crippen LogP) is 4.62. The molecule has 6 nitrogen and oxygen atoms in total. The molecule has 0 bridgehead atoms. The van der Waals surface area contributed by atoms with E-state index in [1.165, 1.54) is 7.11 Å². The maximum absolute atomic E-state index is 12.1. The van der Waals surface area contributed by atoms with Crippen LogP contribution in [0.4, 0.5) is 0 Å². The van der Waals surface area contributed by atoms with Crippen molar-refractivity contribution in [1.82, 2.24) is 5.32 Å². The van der Waals surface area contributed by atoms with Crippen LogP contribution < -0.4 is 14.8 Å². The quantitative estimate of drug-likeness (QED) is 0.471. The van der Waals surface area contributed by atoms with Gasteiger partial charge in [0.1, 0.15) is 4.32 Å². The number of thioether (sulfide) groups is 1. The number of thiocarbonyl (C=S) groups is 1.